The number of hydrogen-bond donors (Lipinski definition) is 3. The van der Waals surface area contributed by atoms with Crippen molar-refractivity contribution in [3.05, 3.63) is 24.3 Å². The van der Waals surface area contributed by atoms with E-state index >= 15 is 0 Å². The minimum absolute atomic E-state index is 0.0168. The van der Waals surface area contributed by atoms with E-state index in [9.17, 15) is 9.90 Å². The van der Waals surface area contributed by atoms with Crippen molar-refractivity contribution < 1.29 is 9.90 Å². The third-order valence-electron chi connectivity index (χ3n) is 4.35. The van der Waals surface area contributed by atoms with Crippen LogP contribution in [0.25, 0.3) is 0 Å². The molecule has 0 bridgehead atoms. The number of para-hydroxylation sites is 2. The van der Waals surface area contributed by atoms with Crippen molar-refractivity contribution in [2.75, 3.05) is 36.4 Å². The molecule has 134 valence electrons. The molecule has 0 spiro atoms. The zero-order valence-corrected chi connectivity index (χ0v) is 15.1. The number of aliphatic hydroxyl groups excluding tert-OH is 1. The minimum Gasteiger partial charge on any atom is -0.393 e. The summed E-state index contributed by atoms with van der Waals surface area (Å²) in [4.78, 5) is 14.3. The molecule has 1 heterocycles. The molecule has 0 aromatic heterocycles. The summed E-state index contributed by atoms with van der Waals surface area (Å²) < 4.78 is 0. The fraction of sp³-hybridized carbons (Fsp3) is 0.632. The Morgan fingerprint density at radius 1 is 1.25 bits per heavy atom. The van der Waals surface area contributed by atoms with E-state index in [4.69, 9.17) is 0 Å². The molecule has 1 fully saturated rings. The molecule has 0 saturated carbocycles. The molecular formula is C19H31N3O2. The van der Waals surface area contributed by atoms with Crippen LogP contribution in [0.15, 0.2) is 24.3 Å². The average Bonchev–Trinajstić information content (AvgIpc) is 2.53. The molecule has 24 heavy (non-hydrogen) atoms. The molecule has 0 unspecified atom stereocenters. The van der Waals surface area contributed by atoms with E-state index in [1.54, 1.807) is 0 Å². The lowest BCUT2D eigenvalue weighted by molar-refractivity contribution is -0.119. The second-order valence-electron chi connectivity index (χ2n) is 7.75. The summed E-state index contributed by atoms with van der Waals surface area (Å²) >= 11 is 0. The van der Waals surface area contributed by atoms with Gasteiger partial charge in [0.25, 0.3) is 0 Å². The number of amides is 1. The Kier molecular flexibility index (Phi) is 6.49. The lowest BCUT2D eigenvalue weighted by Crippen LogP contribution is -2.36. The Morgan fingerprint density at radius 2 is 1.92 bits per heavy atom. The van der Waals surface area contributed by atoms with Gasteiger partial charge in [0.15, 0.2) is 0 Å². The molecule has 1 aliphatic rings. The van der Waals surface area contributed by atoms with E-state index in [2.05, 4.69) is 42.4 Å². The Labute approximate surface area is 145 Å². The van der Waals surface area contributed by atoms with Gasteiger partial charge in [0.05, 0.1) is 24.0 Å². The van der Waals surface area contributed by atoms with Crippen LogP contribution >= 0.6 is 0 Å². The van der Waals surface area contributed by atoms with E-state index in [0.717, 1.165) is 43.7 Å². The molecule has 1 aliphatic heterocycles. The van der Waals surface area contributed by atoms with Crippen LogP contribution in [0.1, 0.15) is 40.0 Å². The van der Waals surface area contributed by atoms with Gasteiger partial charge in [-0.05, 0) is 36.8 Å². The lowest BCUT2D eigenvalue weighted by atomic mass is 9.92. The summed E-state index contributed by atoms with van der Waals surface area (Å²) in [5.41, 5.74) is 2.30. The van der Waals surface area contributed by atoms with Crippen LogP contribution in [-0.4, -0.2) is 43.3 Å². The number of rotatable bonds is 6. The third kappa shape index (κ3) is 6.04. The zero-order valence-electron chi connectivity index (χ0n) is 15.1. The van der Waals surface area contributed by atoms with Gasteiger partial charge >= 0.3 is 0 Å². The van der Waals surface area contributed by atoms with Gasteiger partial charge in [-0.25, -0.2) is 0 Å². The van der Waals surface area contributed by atoms with Crippen LogP contribution < -0.4 is 15.5 Å². The van der Waals surface area contributed by atoms with Crippen LogP contribution in [-0.2, 0) is 4.79 Å². The Hall–Kier alpha value is -1.75. The summed E-state index contributed by atoms with van der Waals surface area (Å²) in [6.07, 6.45) is 2.37. The SMILES string of the molecule is CC(C)(C)CCNC(=O)CNc1ccccc1N1CCC(O)CC1. The fourth-order valence-corrected chi connectivity index (χ4v) is 2.82. The number of nitrogens with one attached hydrogen (secondary N) is 2. The lowest BCUT2D eigenvalue weighted by Gasteiger charge is -2.33. The Balaban J connectivity index is 1.85. The van der Waals surface area contributed by atoms with Crippen LogP contribution in [0, 0.1) is 5.41 Å². The maximum Gasteiger partial charge on any atom is 0.239 e. The molecule has 1 aromatic carbocycles. The number of hydrogen-bond acceptors (Lipinski definition) is 4. The average molecular weight is 333 g/mol. The highest BCUT2D eigenvalue weighted by Crippen LogP contribution is 2.28. The smallest absolute Gasteiger partial charge is 0.239 e. The van der Waals surface area contributed by atoms with Crippen LogP contribution in [0.4, 0.5) is 11.4 Å². The molecule has 3 N–H and O–H groups in total. The number of carbonyl (C=O) groups excluding carboxylic acids is 1. The predicted octanol–water partition coefficient (Wildman–Crippen LogP) is 2.61. The van der Waals surface area contributed by atoms with Crippen LogP contribution in [0.2, 0.25) is 0 Å². The normalized spacial score (nSPS) is 16.1. The molecule has 0 atom stereocenters. The first-order chi connectivity index (χ1) is 11.3. The van der Waals surface area contributed by atoms with Crippen molar-refractivity contribution in [3.63, 3.8) is 0 Å². The monoisotopic (exact) mass is 333 g/mol. The summed E-state index contributed by atoms with van der Waals surface area (Å²) in [6.45, 7) is 9.18. The maximum atomic E-state index is 12.0. The van der Waals surface area contributed by atoms with Gasteiger partial charge in [-0.2, -0.15) is 0 Å². The summed E-state index contributed by atoms with van der Waals surface area (Å²) in [6, 6.07) is 8.05. The van der Waals surface area contributed by atoms with Gasteiger partial charge in [-0.1, -0.05) is 32.9 Å². The van der Waals surface area contributed by atoms with Crippen molar-refractivity contribution in [2.45, 2.75) is 46.1 Å². The highest BCUT2D eigenvalue weighted by atomic mass is 16.3. The van der Waals surface area contributed by atoms with Gasteiger partial charge in [-0.3, -0.25) is 4.79 Å². The predicted molar refractivity (Wildman–Crippen MR) is 99.5 cm³/mol. The van der Waals surface area contributed by atoms with Gasteiger partial charge < -0.3 is 20.6 Å². The quantitative estimate of drug-likeness (QED) is 0.749. The number of carbonyl (C=O) groups is 1. The molecule has 1 saturated heterocycles. The molecule has 1 amide bonds. The van der Waals surface area contributed by atoms with Crippen molar-refractivity contribution in [1.82, 2.24) is 5.32 Å². The molecule has 2 rings (SSSR count). The van der Waals surface area contributed by atoms with Crippen molar-refractivity contribution >= 4 is 17.3 Å². The van der Waals surface area contributed by atoms with Gasteiger partial charge in [-0.15, -0.1) is 0 Å². The number of aliphatic hydroxyl groups is 1. The second kappa shape index (κ2) is 8.38. The van der Waals surface area contributed by atoms with E-state index in [0.29, 0.717) is 6.54 Å². The first-order valence-electron chi connectivity index (χ1n) is 8.88. The highest BCUT2D eigenvalue weighted by molar-refractivity contribution is 5.82. The van der Waals surface area contributed by atoms with Crippen LogP contribution in [0.3, 0.4) is 0 Å². The standard InChI is InChI=1S/C19H31N3O2/c1-19(2,3)10-11-20-18(24)14-21-16-6-4-5-7-17(16)22-12-8-15(23)9-13-22/h4-7,15,21,23H,8-14H2,1-3H3,(H,20,24). The Bertz CT molecular complexity index is 532. The first-order valence-corrected chi connectivity index (χ1v) is 8.88. The van der Waals surface area contributed by atoms with Gasteiger partial charge in [0.2, 0.25) is 5.91 Å². The number of anilines is 2. The van der Waals surface area contributed by atoms with Gasteiger partial charge in [0.1, 0.15) is 0 Å². The largest absolute Gasteiger partial charge is 0.393 e. The van der Waals surface area contributed by atoms with E-state index in [1.807, 2.05) is 18.2 Å². The third-order valence-corrected chi connectivity index (χ3v) is 4.35. The molecule has 0 aliphatic carbocycles. The van der Waals surface area contributed by atoms with E-state index in [-0.39, 0.29) is 24.0 Å². The van der Waals surface area contributed by atoms with Crippen molar-refractivity contribution in [2.24, 2.45) is 5.41 Å². The number of nitrogens with zero attached hydrogens (tertiary/aromatic N) is 1. The molecule has 1 aromatic rings. The van der Waals surface area contributed by atoms with Crippen LogP contribution in [0.5, 0.6) is 0 Å². The van der Waals surface area contributed by atoms with Crippen molar-refractivity contribution in [1.29, 1.82) is 0 Å². The molecule has 5 heteroatoms. The Morgan fingerprint density at radius 3 is 2.58 bits per heavy atom. The first kappa shape index (κ1) is 18.6. The second-order valence-corrected chi connectivity index (χ2v) is 7.75. The molecule has 0 radical (unpaired) electrons. The summed E-state index contributed by atoms with van der Waals surface area (Å²) in [5, 5.41) is 15.9. The van der Waals surface area contributed by atoms with E-state index in [1.165, 1.54) is 0 Å². The fourth-order valence-electron chi connectivity index (χ4n) is 2.82. The van der Waals surface area contributed by atoms with E-state index < -0.39 is 0 Å². The number of piperidine rings is 1. The number of benzene rings is 1. The van der Waals surface area contributed by atoms with Gasteiger partial charge in [0, 0.05) is 19.6 Å². The maximum absolute atomic E-state index is 12.0. The highest BCUT2D eigenvalue weighted by Gasteiger charge is 2.19. The molecular weight excluding hydrogens is 302 g/mol. The molecule has 5 nitrogen and oxygen atoms in total. The minimum atomic E-state index is -0.185. The summed E-state index contributed by atoms with van der Waals surface area (Å²) in [5.74, 6) is 0.0168. The van der Waals surface area contributed by atoms with Crippen molar-refractivity contribution in [3.8, 4) is 0 Å². The topological polar surface area (TPSA) is 64.6 Å². The zero-order chi connectivity index (χ0) is 17.6. The summed E-state index contributed by atoms with van der Waals surface area (Å²) in [7, 11) is 0.